The molecule has 2 aromatic carbocycles. The van der Waals surface area contributed by atoms with Crippen LogP contribution in [0, 0.1) is 11.6 Å². The molecule has 0 aliphatic carbocycles. The molecule has 1 unspecified atom stereocenters. The minimum Gasteiger partial charge on any atom is -0.480 e. The van der Waals surface area contributed by atoms with Gasteiger partial charge >= 0.3 is 5.97 Å². The van der Waals surface area contributed by atoms with Crippen molar-refractivity contribution < 1.29 is 18.7 Å². The van der Waals surface area contributed by atoms with E-state index < -0.39 is 17.8 Å². The van der Waals surface area contributed by atoms with Gasteiger partial charge in [-0.1, -0.05) is 18.2 Å². The Morgan fingerprint density at radius 3 is 2.21 bits per heavy atom. The summed E-state index contributed by atoms with van der Waals surface area (Å²) in [6, 6.07) is 8.17. The summed E-state index contributed by atoms with van der Waals surface area (Å²) >= 11 is 0. The standard InChI is InChI=1S/C14H11F2NO2/c15-10-4-1-8(2-5-10)9-3-6-12(16)11(7-9)13(17)14(18)19/h1-7,13H,17H2,(H,18,19). The van der Waals surface area contributed by atoms with E-state index in [1.807, 2.05) is 0 Å². The molecule has 2 rings (SSSR count). The fourth-order valence-electron chi connectivity index (χ4n) is 1.74. The van der Waals surface area contributed by atoms with E-state index in [0.29, 0.717) is 11.1 Å². The second-order valence-corrected chi connectivity index (χ2v) is 4.06. The molecule has 0 saturated carbocycles. The van der Waals surface area contributed by atoms with Crippen molar-refractivity contribution >= 4 is 5.97 Å². The Kier molecular flexibility index (Phi) is 3.57. The molecule has 0 aliphatic heterocycles. The average molecular weight is 263 g/mol. The molecular weight excluding hydrogens is 252 g/mol. The predicted molar refractivity (Wildman–Crippen MR) is 66.4 cm³/mol. The summed E-state index contributed by atoms with van der Waals surface area (Å²) in [5.74, 6) is -2.37. The van der Waals surface area contributed by atoms with Crippen molar-refractivity contribution in [2.45, 2.75) is 6.04 Å². The van der Waals surface area contributed by atoms with Gasteiger partial charge in [0.1, 0.15) is 17.7 Å². The van der Waals surface area contributed by atoms with Crippen LogP contribution in [0.15, 0.2) is 42.5 Å². The molecule has 0 saturated heterocycles. The minimum atomic E-state index is -1.43. The van der Waals surface area contributed by atoms with E-state index in [9.17, 15) is 13.6 Å². The lowest BCUT2D eigenvalue weighted by molar-refractivity contribution is -0.138. The van der Waals surface area contributed by atoms with Gasteiger partial charge in [0.25, 0.3) is 0 Å². The Hall–Kier alpha value is -2.27. The first-order valence-corrected chi connectivity index (χ1v) is 5.53. The van der Waals surface area contributed by atoms with Gasteiger partial charge in [0.2, 0.25) is 0 Å². The van der Waals surface area contributed by atoms with Crippen LogP contribution in [0.2, 0.25) is 0 Å². The van der Waals surface area contributed by atoms with Crippen LogP contribution in [0.25, 0.3) is 11.1 Å². The summed E-state index contributed by atoms with van der Waals surface area (Å²) in [7, 11) is 0. The van der Waals surface area contributed by atoms with Crippen LogP contribution >= 0.6 is 0 Å². The summed E-state index contributed by atoms with van der Waals surface area (Å²) in [5, 5.41) is 8.82. The van der Waals surface area contributed by atoms with Gasteiger partial charge in [-0.05, 0) is 35.4 Å². The van der Waals surface area contributed by atoms with E-state index >= 15 is 0 Å². The van der Waals surface area contributed by atoms with Crippen LogP contribution in [-0.4, -0.2) is 11.1 Å². The van der Waals surface area contributed by atoms with E-state index in [1.165, 1.54) is 36.4 Å². The molecule has 0 aromatic heterocycles. The lowest BCUT2D eigenvalue weighted by Gasteiger charge is -2.10. The maximum absolute atomic E-state index is 13.6. The van der Waals surface area contributed by atoms with Gasteiger partial charge in [0.15, 0.2) is 0 Å². The number of hydrogen-bond acceptors (Lipinski definition) is 2. The lowest BCUT2D eigenvalue weighted by atomic mass is 9.99. The second-order valence-electron chi connectivity index (χ2n) is 4.06. The van der Waals surface area contributed by atoms with E-state index in [-0.39, 0.29) is 11.4 Å². The third-order valence-electron chi connectivity index (χ3n) is 2.77. The quantitative estimate of drug-likeness (QED) is 0.894. The van der Waals surface area contributed by atoms with Crippen molar-refractivity contribution in [3.8, 4) is 11.1 Å². The predicted octanol–water partition coefficient (Wildman–Crippen LogP) is 2.72. The molecule has 0 spiro atoms. The Labute approximate surface area is 108 Å². The molecule has 0 aliphatic rings. The smallest absolute Gasteiger partial charge is 0.325 e. The molecule has 19 heavy (non-hydrogen) atoms. The topological polar surface area (TPSA) is 63.3 Å². The van der Waals surface area contributed by atoms with Gasteiger partial charge in [-0.25, -0.2) is 8.78 Å². The molecule has 5 heteroatoms. The molecule has 0 heterocycles. The van der Waals surface area contributed by atoms with Gasteiger partial charge < -0.3 is 10.8 Å². The summed E-state index contributed by atoms with van der Waals surface area (Å²) in [6.07, 6.45) is 0. The number of carboxylic acids is 1. The highest BCUT2D eigenvalue weighted by Crippen LogP contribution is 2.25. The van der Waals surface area contributed by atoms with Crippen molar-refractivity contribution in [2.75, 3.05) is 0 Å². The first-order valence-electron chi connectivity index (χ1n) is 5.53. The Balaban J connectivity index is 2.46. The van der Waals surface area contributed by atoms with Gasteiger partial charge in [0.05, 0.1) is 0 Å². The first kappa shape index (κ1) is 13.2. The van der Waals surface area contributed by atoms with Crippen LogP contribution in [0.4, 0.5) is 8.78 Å². The number of rotatable bonds is 3. The maximum atomic E-state index is 13.6. The number of carbonyl (C=O) groups is 1. The molecule has 1 atom stereocenters. The zero-order valence-corrected chi connectivity index (χ0v) is 9.81. The highest BCUT2D eigenvalue weighted by molar-refractivity contribution is 5.76. The normalized spacial score (nSPS) is 12.2. The van der Waals surface area contributed by atoms with E-state index in [2.05, 4.69) is 0 Å². The fourth-order valence-corrected chi connectivity index (χ4v) is 1.74. The van der Waals surface area contributed by atoms with E-state index in [4.69, 9.17) is 10.8 Å². The van der Waals surface area contributed by atoms with Crippen molar-refractivity contribution in [1.29, 1.82) is 0 Å². The van der Waals surface area contributed by atoms with Gasteiger partial charge in [-0.2, -0.15) is 0 Å². The Bertz CT molecular complexity index is 611. The Morgan fingerprint density at radius 2 is 1.63 bits per heavy atom. The van der Waals surface area contributed by atoms with Crippen molar-refractivity contribution in [2.24, 2.45) is 5.73 Å². The van der Waals surface area contributed by atoms with Gasteiger partial charge in [-0.15, -0.1) is 0 Å². The lowest BCUT2D eigenvalue weighted by Crippen LogP contribution is -2.21. The first-order chi connectivity index (χ1) is 8.99. The van der Waals surface area contributed by atoms with Gasteiger partial charge in [-0.3, -0.25) is 4.79 Å². The van der Waals surface area contributed by atoms with Crippen LogP contribution in [-0.2, 0) is 4.79 Å². The van der Waals surface area contributed by atoms with E-state index in [0.717, 1.165) is 6.07 Å². The molecule has 0 radical (unpaired) electrons. The molecule has 3 nitrogen and oxygen atoms in total. The second kappa shape index (κ2) is 5.16. The third kappa shape index (κ3) is 2.77. The summed E-state index contributed by atoms with van der Waals surface area (Å²) in [6.45, 7) is 0. The molecule has 98 valence electrons. The van der Waals surface area contributed by atoms with Crippen molar-refractivity contribution in [3.63, 3.8) is 0 Å². The number of hydrogen-bond donors (Lipinski definition) is 2. The zero-order chi connectivity index (χ0) is 14.0. The number of halogens is 2. The molecule has 2 aromatic rings. The average Bonchev–Trinajstić information content (AvgIpc) is 2.39. The summed E-state index contributed by atoms with van der Waals surface area (Å²) in [5.41, 5.74) is 6.54. The van der Waals surface area contributed by atoms with Crippen molar-refractivity contribution in [3.05, 3.63) is 59.7 Å². The minimum absolute atomic E-state index is 0.102. The molecule has 3 N–H and O–H groups in total. The SMILES string of the molecule is NC(C(=O)O)c1cc(-c2ccc(F)cc2)ccc1F. The highest BCUT2D eigenvalue weighted by atomic mass is 19.1. The zero-order valence-electron chi connectivity index (χ0n) is 9.81. The molecule has 0 fully saturated rings. The molecular formula is C14H11F2NO2. The molecule has 0 amide bonds. The summed E-state index contributed by atoms with van der Waals surface area (Å²) in [4.78, 5) is 10.8. The fraction of sp³-hybridized carbons (Fsp3) is 0.0714. The largest absolute Gasteiger partial charge is 0.480 e. The van der Waals surface area contributed by atoms with Crippen LogP contribution in [0.1, 0.15) is 11.6 Å². The number of aliphatic carboxylic acids is 1. The maximum Gasteiger partial charge on any atom is 0.325 e. The van der Waals surface area contributed by atoms with Crippen LogP contribution < -0.4 is 5.73 Å². The number of nitrogens with two attached hydrogens (primary N) is 1. The Morgan fingerprint density at radius 1 is 1.05 bits per heavy atom. The van der Waals surface area contributed by atoms with E-state index in [1.54, 1.807) is 0 Å². The van der Waals surface area contributed by atoms with Gasteiger partial charge in [0, 0.05) is 5.56 Å². The number of carboxylic acid groups (broad SMARTS) is 1. The number of benzene rings is 2. The highest BCUT2D eigenvalue weighted by Gasteiger charge is 2.19. The molecule has 0 bridgehead atoms. The summed E-state index contributed by atoms with van der Waals surface area (Å²) < 4.78 is 26.4. The van der Waals surface area contributed by atoms with Crippen LogP contribution in [0.5, 0.6) is 0 Å². The monoisotopic (exact) mass is 263 g/mol. The van der Waals surface area contributed by atoms with Crippen molar-refractivity contribution in [1.82, 2.24) is 0 Å². The third-order valence-corrected chi connectivity index (χ3v) is 2.77. The van der Waals surface area contributed by atoms with Crippen LogP contribution in [0.3, 0.4) is 0 Å².